The first-order chi connectivity index (χ1) is 4.86. The molecular weight excluding hydrogens is 138 g/mol. The largest absolute Gasteiger partial charge is 0.378 e. The summed E-state index contributed by atoms with van der Waals surface area (Å²) in [4.78, 5) is 2.39. The zero-order chi connectivity index (χ0) is 8.70. The predicted octanol–water partition coefficient (Wildman–Crippen LogP) is 1.51. The van der Waals surface area contributed by atoms with Crippen molar-refractivity contribution in [1.82, 2.24) is 4.90 Å². The monoisotopic (exact) mass is 157 g/mol. The summed E-state index contributed by atoms with van der Waals surface area (Å²) < 4.78 is 5.53. The summed E-state index contributed by atoms with van der Waals surface area (Å²) in [5.74, 6) is 0. The van der Waals surface area contributed by atoms with Crippen LogP contribution in [0.1, 0.15) is 27.7 Å². The fraction of sp³-hybridized carbons (Fsp3) is 1.00. The molecule has 1 rings (SSSR count). The number of hydrogen-bond donors (Lipinski definition) is 0. The number of likely N-dealkylation sites (N-methyl/N-ethyl adjacent to an activating group) is 1. The Bertz CT molecular complexity index is 136. The van der Waals surface area contributed by atoms with Crippen LogP contribution < -0.4 is 0 Å². The summed E-state index contributed by atoms with van der Waals surface area (Å²) in [6, 6.07) is 0. The van der Waals surface area contributed by atoms with Gasteiger partial charge >= 0.3 is 0 Å². The molecule has 0 aromatic heterocycles. The second-order valence-electron chi connectivity index (χ2n) is 4.68. The van der Waals surface area contributed by atoms with Crippen molar-refractivity contribution in [3.05, 3.63) is 0 Å². The lowest BCUT2D eigenvalue weighted by molar-refractivity contribution is -0.113. The van der Waals surface area contributed by atoms with E-state index in [1.54, 1.807) is 0 Å². The highest BCUT2D eigenvalue weighted by molar-refractivity contribution is 4.93. The molecular formula is C9H19NO. The zero-order valence-electron chi connectivity index (χ0n) is 8.27. The van der Waals surface area contributed by atoms with Crippen LogP contribution in [0.5, 0.6) is 0 Å². The van der Waals surface area contributed by atoms with Gasteiger partial charge in [-0.15, -0.1) is 0 Å². The molecule has 2 nitrogen and oxygen atoms in total. The van der Waals surface area contributed by atoms with Gasteiger partial charge in [-0.2, -0.15) is 0 Å². The van der Waals surface area contributed by atoms with E-state index in [4.69, 9.17) is 4.74 Å². The molecule has 1 aliphatic rings. The Balaban J connectivity index is 2.76. The second-order valence-corrected chi connectivity index (χ2v) is 4.68. The third-order valence-corrected chi connectivity index (χ3v) is 2.73. The molecule has 0 aliphatic carbocycles. The van der Waals surface area contributed by atoms with Crippen molar-refractivity contribution in [1.29, 1.82) is 0 Å². The van der Waals surface area contributed by atoms with Gasteiger partial charge in [0.25, 0.3) is 0 Å². The Labute approximate surface area is 69.5 Å². The van der Waals surface area contributed by atoms with Gasteiger partial charge in [0.1, 0.15) is 0 Å². The van der Waals surface area contributed by atoms with Crippen molar-refractivity contribution in [3.63, 3.8) is 0 Å². The molecule has 2 heteroatoms. The summed E-state index contributed by atoms with van der Waals surface area (Å²) >= 11 is 0. The Hall–Kier alpha value is -0.0800. The van der Waals surface area contributed by atoms with Gasteiger partial charge in [-0.3, -0.25) is 4.90 Å². The lowest BCUT2D eigenvalue weighted by Crippen LogP contribution is -2.61. The quantitative estimate of drug-likeness (QED) is 0.528. The lowest BCUT2D eigenvalue weighted by Gasteiger charge is -2.50. The van der Waals surface area contributed by atoms with Gasteiger partial charge in [-0.05, 0) is 34.7 Å². The highest BCUT2D eigenvalue weighted by atomic mass is 16.5. The normalized spacial score (nSPS) is 30.3. The third kappa shape index (κ3) is 1.57. The van der Waals surface area contributed by atoms with Crippen molar-refractivity contribution < 1.29 is 4.74 Å². The first-order valence-corrected chi connectivity index (χ1v) is 4.18. The van der Waals surface area contributed by atoms with Crippen molar-refractivity contribution in [2.45, 2.75) is 38.8 Å². The molecule has 11 heavy (non-hydrogen) atoms. The van der Waals surface area contributed by atoms with Crippen LogP contribution in [0.2, 0.25) is 0 Å². The molecule has 0 aromatic carbocycles. The van der Waals surface area contributed by atoms with Gasteiger partial charge in [0.2, 0.25) is 0 Å². The fourth-order valence-corrected chi connectivity index (χ4v) is 1.56. The molecule has 0 aromatic rings. The van der Waals surface area contributed by atoms with E-state index in [0.29, 0.717) is 0 Å². The summed E-state index contributed by atoms with van der Waals surface area (Å²) in [7, 11) is 2.17. The highest BCUT2D eigenvalue weighted by Crippen LogP contribution is 2.28. The van der Waals surface area contributed by atoms with Crippen molar-refractivity contribution in [2.24, 2.45) is 0 Å². The topological polar surface area (TPSA) is 12.5 Å². The van der Waals surface area contributed by atoms with E-state index in [0.717, 1.165) is 13.2 Å². The molecule has 0 bridgehead atoms. The summed E-state index contributed by atoms with van der Waals surface area (Å²) in [5.41, 5.74) is 0.365. The summed E-state index contributed by atoms with van der Waals surface area (Å²) in [6.45, 7) is 10.5. The van der Waals surface area contributed by atoms with E-state index in [9.17, 15) is 0 Å². The number of rotatable bonds is 0. The van der Waals surface area contributed by atoms with Crippen LogP contribution in [0, 0.1) is 0 Å². The van der Waals surface area contributed by atoms with E-state index >= 15 is 0 Å². The Morgan fingerprint density at radius 1 is 1.00 bits per heavy atom. The molecule has 1 aliphatic heterocycles. The van der Waals surface area contributed by atoms with Gasteiger partial charge in [0.15, 0.2) is 0 Å². The van der Waals surface area contributed by atoms with Crippen molar-refractivity contribution in [2.75, 3.05) is 20.3 Å². The van der Waals surface area contributed by atoms with Crippen LogP contribution in [0.25, 0.3) is 0 Å². The maximum Gasteiger partial charge on any atom is 0.0646 e. The second kappa shape index (κ2) is 2.46. The van der Waals surface area contributed by atoms with Crippen LogP contribution >= 0.6 is 0 Å². The first kappa shape index (κ1) is 9.01. The number of nitrogens with zero attached hydrogens (tertiary/aromatic N) is 1. The standard InChI is InChI=1S/C9H19NO/c1-8(2)6-11-7-9(3,4)10(8)5/h6-7H2,1-5H3. The van der Waals surface area contributed by atoms with Gasteiger partial charge in [0.05, 0.1) is 13.2 Å². The van der Waals surface area contributed by atoms with Crippen LogP contribution in [0.4, 0.5) is 0 Å². The molecule has 0 spiro atoms. The first-order valence-electron chi connectivity index (χ1n) is 4.18. The predicted molar refractivity (Wildman–Crippen MR) is 46.7 cm³/mol. The molecule has 0 N–H and O–H groups in total. The van der Waals surface area contributed by atoms with E-state index in [-0.39, 0.29) is 11.1 Å². The minimum absolute atomic E-state index is 0.182. The van der Waals surface area contributed by atoms with E-state index in [1.807, 2.05) is 0 Å². The smallest absolute Gasteiger partial charge is 0.0646 e. The minimum atomic E-state index is 0.182. The third-order valence-electron chi connectivity index (χ3n) is 2.73. The molecule has 1 fully saturated rings. The SMILES string of the molecule is CN1C(C)(C)COCC1(C)C. The van der Waals surface area contributed by atoms with Crippen LogP contribution in [0.3, 0.4) is 0 Å². The molecule has 0 atom stereocenters. The van der Waals surface area contributed by atoms with Gasteiger partial charge in [0, 0.05) is 11.1 Å². The van der Waals surface area contributed by atoms with Crippen molar-refractivity contribution in [3.8, 4) is 0 Å². The number of hydrogen-bond acceptors (Lipinski definition) is 2. The maximum atomic E-state index is 5.53. The van der Waals surface area contributed by atoms with Crippen LogP contribution in [-0.4, -0.2) is 36.2 Å². The average Bonchev–Trinajstić information content (AvgIpc) is 1.82. The molecule has 0 radical (unpaired) electrons. The Morgan fingerprint density at radius 3 is 1.64 bits per heavy atom. The fourth-order valence-electron chi connectivity index (χ4n) is 1.56. The molecule has 0 unspecified atom stereocenters. The molecule has 1 saturated heterocycles. The maximum absolute atomic E-state index is 5.53. The van der Waals surface area contributed by atoms with Crippen molar-refractivity contribution >= 4 is 0 Å². The zero-order valence-corrected chi connectivity index (χ0v) is 8.27. The van der Waals surface area contributed by atoms with Gasteiger partial charge in [-0.1, -0.05) is 0 Å². The lowest BCUT2D eigenvalue weighted by atomic mass is 9.93. The molecule has 1 heterocycles. The Morgan fingerprint density at radius 2 is 1.36 bits per heavy atom. The highest BCUT2D eigenvalue weighted by Gasteiger charge is 2.39. The average molecular weight is 157 g/mol. The molecule has 66 valence electrons. The molecule has 0 saturated carbocycles. The molecule has 0 amide bonds. The Kier molecular flexibility index (Phi) is 2.01. The van der Waals surface area contributed by atoms with E-state index in [1.165, 1.54) is 0 Å². The summed E-state index contributed by atoms with van der Waals surface area (Å²) in [5, 5.41) is 0. The number of ether oxygens (including phenoxy) is 1. The van der Waals surface area contributed by atoms with Crippen LogP contribution in [-0.2, 0) is 4.74 Å². The van der Waals surface area contributed by atoms with Gasteiger partial charge < -0.3 is 4.74 Å². The number of morpholine rings is 1. The van der Waals surface area contributed by atoms with E-state index in [2.05, 4.69) is 39.6 Å². The van der Waals surface area contributed by atoms with Gasteiger partial charge in [-0.25, -0.2) is 0 Å². The van der Waals surface area contributed by atoms with E-state index < -0.39 is 0 Å². The minimum Gasteiger partial charge on any atom is -0.378 e. The van der Waals surface area contributed by atoms with Crippen LogP contribution in [0.15, 0.2) is 0 Å². The summed E-state index contributed by atoms with van der Waals surface area (Å²) in [6.07, 6.45) is 0.